The number of ether oxygens (including phenoxy) is 1. The van der Waals surface area contributed by atoms with Crippen LogP contribution in [0, 0.1) is 5.92 Å². The second-order valence-electron chi connectivity index (χ2n) is 12.7. The van der Waals surface area contributed by atoms with Crippen LogP contribution >= 0.6 is 0 Å². The molecule has 1 aromatic carbocycles. The number of imidazole rings is 1. The molecule has 45 heavy (non-hydrogen) atoms. The van der Waals surface area contributed by atoms with Gasteiger partial charge in [-0.1, -0.05) is 24.3 Å². The van der Waals surface area contributed by atoms with Gasteiger partial charge in [-0.05, 0) is 65.5 Å². The van der Waals surface area contributed by atoms with Crippen molar-refractivity contribution >= 4 is 40.6 Å². The van der Waals surface area contributed by atoms with Crippen molar-refractivity contribution in [3.8, 4) is 0 Å². The fourth-order valence-corrected chi connectivity index (χ4v) is 5.52. The van der Waals surface area contributed by atoms with E-state index in [0.717, 1.165) is 30.3 Å². The van der Waals surface area contributed by atoms with E-state index >= 15 is 0 Å². The average molecular weight is 620 g/mol. The molecule has 1 atom stereocenters. The summed E-state index contributed by atoms with van der Waals surface area (Å²) in [6.07, 6.45) is 6.38. The molecule has 1 aliphatic carbocycles. The number of hydrogen-bond donors (Lipinski definition) is 2. The number of aryl methyl sites for hydroxylation is 1. The molecule has 0 unspecified atom stereocenters. The summed E-state index contributed by atoms with van der Waals surface area (Å²) >= 11 is 0. The minimum Gasteiger partial charge on any atom is -0.444 e. The molecule has 0 bridgehead atoms. The van der Waals surface area contributed by atoms with E-state index in [1.54, 1.807) is 49.6 Å². The van der Waals surface area contributed by atoms with Gasteiger partial charge in [0.2, 0.25) is 11.9 Å². The van der Waals surface area contributed by atoms with Gasteiger partial charge in [-0.15, -0.1) is 0 Å². The van der Waals surface area contributed by atoms with Gasteiger partial charge in [-0.2, -0.15) is 4.98 Å². The molecule has 2 aliphatic rings. The smallest absolute Gasteiger partial charge is 0.407 e. The van der Waals surface area contributed by atoms with E-state index in [2.05, 4.69) is 10.6 Å². The van der Waals surface area contributed by atoms with E-state index in [4.69, 9.17) is 9.72 Å². The zero-order chi connectivity index (χ0) is 32.5. The van der Waals surface area contributed by atoms with Crippen LogP contribution < -0.4 is 26.8 Å². The van der Waals surface area contributed by atoms with Gasteiger partial charge in [0.15, 0.2) is 16.9 Å². The normalized spacial score (nSPS) is 17.1. The van der Waals surface area contributed by atoms with Crippen LogP contribution in [0.15, 0.2) is 46.0 Å². The Morgan fingerprint density at radius 2 is 1.82 bits per heavy atom. The maximum atomic E-state index is 14.0. The summed E-state index contributed by atoms with van der Waals surface area (Å²) in [6.45, 7) is 8.15. The highest BCUT2D eigenvalue weighted by Crippen LogP contribution is 2.31. The van der Waals surface area contributed by atoms with E-state index in [0.29, 0.717) is 31.3 Å². The third-order valence-corrected chi connectivity index (χ3v) is 7.90. The summed E-state index contributed by atoms with van der Waals surface area (Å²) in [5.41, 5.74) is -0.971. The first-order valence-corrected chi connectivity index (χ1v) is 15.4. The number of fused-ring (bicyclic) bond motifs is 1. The Morgan fingerprint density at radius 3 is 2.51 bits per heavy atom. The fourth-order valence-electron chi connectivity index (χ4n) is 5.52. The lowest BCUT2D eigenvalue weighted by molar-refractivity contribution is -0.117. The molecule has 5 rings (SSSR count). The quantitative estimate of drug-likeness (QED) is 0.274. The molecule has 2 amide bonds. The van der Waals surface area contributed by atoms with Crippen LogP contribution in [-0.4, -0.2) is 61.2 Å². The number of hydrogen-bond acceptors (Lipinski definition) is 8. The van der Waals surface area contributed by atoms with Crippen molar-refractivity contribution in [1.82, 2.24) is 24.0 Å². The standard InChI is InChI=1S/C32H41N7O6/c1-6-7-17-38-25-26(35-29(38)37-16-10-11-21(18-37)33-30(43)45-32(2,3)4)36(5)31(44)39(28(25)42)19-24(40)22-12-8-9-13-23(22)34-27(41)20-14-15-20/h6-9,12-13,20-21H,10-11,14-19H2,1-5H3,(H,33,43)(H,34,41)/t21-/m0/s1. The van der Waals surface area contributed by atoms with Gasteiger partial charge in [0.1, 0.15) is 5.60 Å². The molecular formula is C32H41N7O6. The van der Waals surface area contributed by atoms with Crippen LogP contribution in [0.2, 0.25) is 0 Å². The van der Waals surface area contributed by atoms with Crippen LogP contribution in [0.4, 0.5) is 16.4 Å². The summed E-state index contributed by atoms with van der Waals surface area (Å²) in [6, 6.07) is 6.39. The number of carbonyl (C=O) groups is 3. The average Bonchev–Trinajstić information content (AvgIpc) is 3.77. The van der Waals surface area contributed by atoms with E-state index < -0.39 is 35.3 Å². The molecule has 1 saturated carbocycles. The first kappa shape index (κ1) is 31.7. The lowest BCUT2D eigenvalue weighted by Gasteiger charge is -2.34. The lowest BCUT2D eigenvalue weighted by atomic mass is 10.1. The van der Waals surface area contributed by atoms with Crippen molar-refractivity contribution in [2.75, 3.05) is 23.3 Å². The summed E-state index contributed by atoms with van der Waals surface area (Å²) < 4.78 is 9.39. The zero-order valence-corrected chi connectivity index (χ0v) is 26.5. The Hall–Kier alpha value is -4.68. The van der Waals surface area contributed by atoms with Crippen LogP contribution in [0.3, 0.4) is 0 Å². The molecule has 0 radical (unpaired) electrons. The summed E-state index contributed by atoms with van der Waals surface area (Å²) in [5, 5.41) is 5.75. The molecule has 1 aliphatic heterocycles. The van der Waals surface area contributed by atoms with Crippen LogP contribution in [0.5, 0.6) is 0 Å². The Labute approximate surface area is 260 Å². The zero-order valence-electron chi connectivity index (χ0n) is 26.5. The number of piperidine rings is 1. The highest BCUT2D eigenvalue weighted by atomic mass is 16.6. The number of amides is 2. The first-order chi connectivity index (χ1) is 21.4. The van der Waals surface area contributed by atoms with Gasteiger partial charge in [-0.25, -0.2) is 9.59 Å². The molecule has 2 aromatic heterocycles. The SMILES string of the molecule is CC=CCn1c(N2CCC[C@H](NC(=O)OC(C)(C)C)C2)nc2c1c(=O)n(CC(=O)c1ccccc1NC(=O)C1CC1)c(=O)n2C. The number of para-hydroxylation sites is 1. The third kappa shape index (κ3) is 7.02. The van der Waals surface area contributed by atoms with Crippen molar-refractivity contribution in [3.63, 3.8) is 0 Å². The fraction of sp³-hybridized carbons (Fsp3) is 0.500. The van der Waals surface area contributed by atoms with Gasteiger partial charge in [0.05, 0.1) is 12.2 Å². The van der Waals surface area contributed by atoms with Crippen molar-refractivity contribution in [3.05, 3.63) is 62.8 Å². The Bertz CT molecular complexity index is 1770. The molecule has 1 saturated heterocycles. The minimum absolute atomic E-state index is 0.0552. The van der Waals surface area contributed by atoms with Crippen molar-refractivity contribution in [2.45, 2.75) is 78.1 Å². The van der Waals surface area contributed by atoms with Crippen molar-refractivity contribution in [2.24, 2.45) is 13.0 Å². The summed E-state index contributed by atoms with van der Waals surface area (Å²) in [5.74, 6) is -0.193. The predicted molar refractivity (Wildman–Crippen MR) is 171 cm³/mol. The molecule has 13 nitrogen and oxygen atoms in total. The largest absolute Gasteiger partial charge is 0.444 e. The summed E-state index contributed by atoms with van der Waals surface area (Å²) in [7, 11) is 1.52. The number of Topliss-reactive ketones (excluding diaryl/α,β-unsaturated/α-hetero) is 1. The second kappa shape index (κ2) is 12.7. The van der Waals surface area contributed by atoms with E-state index in [1.807, 2.05) is 24.0 Å². The molecule has 240 valence electrons. The number of nitrogens with one attached hydrogen (secondary N) is 2. The van der Waals surface area contributed by atoms with E-state index in [9.17, 15) is 24.0 Å². The number of rotatable bonds is 9. The van der Waals surface area contributed by atoms with Gasteiger partial charge in [-0.3, -0.25) is 23.5 Å². The maximum Gasteiger partial charge on any atom is 0.407 e. The number of benzene rings is 1. The Kier molecular flexibility index (Phi) is 8.98. The first-order valence-electron chi connectivity index (χ1n) is 15.4. The van der Waals surface area contributed by atoms with Gasteiger partial charge in [0, 0.05) is 44.2 Å². The minimum atomic E-state index is -0.675. The lowest BCUT2D eigenvalue weighted by Crippen LogP contribution is -2.49. The Morgan fingerprint density at radius 1 is 1.09 bits per heavy atom. The van der Waals surface area contributed by atoms with Gasteiger partial charge >= 0.3 is 11.8 Å². The van der Waals surface area contributed by atoms with Crippen molar-refractivity contribution in [1.29, 1.82) is 0 Å². The molecule has 13 heteroatoms. The number of allylic oxidation sites excluding steroid dienone is 2. The topological polar surface area (TPSA) is 150 Å². The molecular weight excluding hydrogens is 578 g/mol. The van der Waals surface area contributed by atoms with Crippen LogP contribution in [0.1, 0.15) is 63.7 Å². The van der Waals surface area contributed by atoms with Gasteiger partial charge < -0.3 is 24.8 Å². The van der Waals surface area contributed by atoms with E-state index in [-0.39, 0.29) is 34.6 Å². The number of anilines is 2. The van der Waals surface area contributed by atoms with Gasteiger partial charge in [0.25, 0.3) is 5.56 Å². The highest BCUT2D eigenvalue weighted by Gasteiger charge is 2.31. The molecule has 2 fully saturated rings. The molecule has 2 N–H and O–H groups in total. The third-order valence-electron chi connectivity index (χ3n) is 7.90. The number of aromatic nitrogens is 4. The maximum absolute atomic E-state index is 14.0. The Balaban J connectivity index is 1.49. The van der Waals surface area contributed by atoms with E-state index in [1.165, 1.54) is 11.6 Å². The number of carbonyl (C=O) groups excluding carboxylic acids is 3. The van der Waals surface area contributed by atoms with Crippen LogP contribution in [-0.2, 0) is 29.7 Å². The monoisotopic (exact) mass is 619 g/mol. The molecule has 0 spiro atoms. The molecule has 3 heterocycles. The molecule has 3 aromatic rings. The van der Waals surface area contributed by atoms with Crippen LogP contribution in [0.25, 0.3) is 11.2 Å². The number of ketones is 1. The second-order valence-corrected chi connectivity index (χ2v) is 12.7. The summed E-state index contributed by atoms with van der Waals surface area (Å²) in [4.78, 5) is 72.7. The van der Waals surface area contributed by atoms with Crippen molar-refractivity contribution < 1.29 is 19.1 Å². The number of alkyl carbamates (subject to hydrolysis) is 1. The number of nitrogens with zero attached hydrogens (tertiary/aromatic N) is 5. The predicted octanol–water partition coefficient (Wildman–Crippen LogP) is 3.20. The highest BCUT2D eigenvalue weighted by molar-refractivity contribution is 6.05.